The molecule has 10 rings (SSSR count). The zero-order valence-corrected chi connectivity index (χ0v) is 50.7. The quantitative estimate of drug-likeness (QED) is 0.0371. The summed E-state index contributed by atoms with van der Waals surface area (Å²) in [5.41, 5.74) is 9.76. The normalized spacial score (nSPS) is 15.8. The molecule has 24 heteroatoms. The van der Waals surface area contributed by atoms with Crippen molar-refractivity contribution in [3.8, 4) is 77.7 Å². The molecule has 87 heavy (non-hydrogen) atoms. The summed E-state index contributed by atoms with van der Waals surface area (Å²) in [6.07, 6.45) is 5.43. The van der Waals surface area contributed by atoms with Gasteiger partial charge in [-0.25, -0.2) is 19.9 Å². The van der Waals surface area contributed by atoms with E-state index in [1.807, 2.05) is 71.4 Å². The number of anilines is 2. The van der Waals surface area contributed by atoms with Gasteiger partial charge in [0.15, 0.2) is 20.0 Å². The maximum Gasteiger partial charge on any atom is 0.250 e. The third kappa shape index (κ3) is 14.9. The average Bonchev–Trinajstić information content (AvgIpc) is 3.58. The van der Waals surface area contributed by atoms with Crippen molar-refractivity contribution in [3.05, 3.63) is 143 Å². The number of likely N-dealkylation sites (tertiary alicyclic amines) is 2. The third-order valence-corrected chi connectivity index (χ3v) is 18.1. The zero-order valence-electron chi connectivity index (χ0n) is 47.5. The Bertz CT molecular complexity index is 3840. The minimum Gasteiger partial charge on any atom is -0.481 e. The topological polar surface area (TPSA) is 265 Å². The lowest BCUT2D eigenvalue weighted by molar-refractivity contribution is -0.140. The van der Waals surface area contributed by atoms with Gasteiger partial charge in [0, 0.05) is 47.4 Å². The lowest BCUT2D eigenvalue weighted by Gasteiger charge is -2.29. The number of benzene rings is 4. The minimum absolute atomic E-state index is 0.00494. The number of hydrogen-bond acceptors (Lipinski definition) is 18. The van der Waals surface area contributed by atoms with E-state index >= 15 is 0 Å². The van der Waals surface area contributed by atoms with E-state index in [1.54, 1.807) is 74.9 Å². The Balaban J connectivity index is 0.736. The van der Waals surface area contributed by atoms with Crippen molar-refractivity contribution in [2.45, 2.75) is 75.8 Å². The van der Waals surface area contributed by atoms with Crippen LogP contribution in [-0.4, -0.2) is 123 Å². The first-order valence-electron chi connectivity index (χ1n) is 27.9. The molecule has 4 aromatic carbocycles. The van der Waals surface area contributed by atoms with Crippen LogP contribution in [0, 0.1) is 23.7 Å². The molecule has 444 valence electrons. The van der Waals surface area contributed by atoms with Gasteiger partial charge < -0.3 is 51.6 Å². The Morgan fingerprint density at radius 2 is 1.02 bits per heavy atom. The van der Waals surface area contributed by atoms with Crippen LogP contribution < -0.4 is 41.8 Å². The Morgan fingerprint density at radius 1 is 0.598 bits per heavy atom. The highest BCUT2D eigenvalue weighted by molar-refractivity contribution is 7.24. The first kappa shape index (κ1) is 61.0. The molecule has 2 fully saturated rings. The van der Waals surface area contributed by atoms with Crippen LogP contribution in [0.15, 0.2) is 132 Å². The molecule has 6 atom stereocenters. The highest BCUT2D eigenvalue weighted by Crippen LogP contribution is 2.41. The number of rotatable bonds is 21. The number of hydrogen-bond donors (Lipinski definition) is 6. The molecular weight excluding hydrogens is 1180 g/mol. The summed E-state index contributed by atoms with van der Waals surface area (Å²) in [4.78, 5) is 105. The van der Waals surface area contributed by atoms with Crippen LogP contribution in [0.25, 0.3) is 42.5 Å². The number of nitrogens with one attached hydrogen (secondary N) is 5. The fourth-order valence-electron chi connectivity index (χ4n) is 9.72. The predicted octanol–water partition coefficient (Wildman–Crippen LogP) is 8.17. The SMILES string of the molecule is CN[C@@H](C)C(=O)N[C@H](C(=O)N1CCC[C@H]1C(=O)Nc1sc(-c2nccs2)nc1-c1ccccc1)c1ccc(OCC#CC#CCOc2ccc([C@H](NC(=O)[C@H](C)N)C(=O)N3CCC[C@H]3C(=O)Nc3sc(-c4nccs4)nc3-c3ccccc3)cc2)cc1. The number of nitrogens with zero attached hydrogens (tertiary/aromatic N) is 6. The standard InChI is InChI=1S/C63H60N12O8S4/c1-38(64)52(76)68-50(62(80)74-32-14-20-46(74)54(78)72-56-48(40-16-8-6-9-17-40)70-60(86-56)58-66-30-36-84-58)42-22-26-44(27-23-42)82-34-12-4-5-13-35-83-45-28-24-43(25-29-45)51(69-53(77)39(2)65-3)63(81)75-33-15-21-47(75)55(79)73-57-49(41-18-10-7-11-19-41)71-61(87-57)59-67-31-37-85-59/h6-11,16-19,22-31,36-39,46-47,50-51,65H,14-15,20-21,32-35,64H2,1-3H3,(H,68,76)(H,69,77)(H,72,78)(H,73,79)/t38-,39-,46-,47-,50-,51-/m0/s1. The lowest BCUT2D eigenvalue weighted by atomic mass is 10.0. The van der Waals surface area contributed by atoms with E-state index in [1.165, 1.54) is 62.1 Å². The third-order valence-electron chi connectivity index (χ3n) is 14.3. The molecule has 4 aromatic heterocycles. The Morgan fingerprint density at radius 3 is 1.41 bits per heavy atom. The van der Waals surface area contributed by atoms with Crippen molar-refractivity contribution < 1.29 is 38.2 Å². The van der Waals surface area contributed by atoms with E-state index in [0.29, 0.717) is 92.8 Å². The number of carbonyl (C=O) groups is 6. The van der Waals surface area contributed by atoms with Crippen molar-refractivity contribution in [2.24, 2.45) is 5.73 Å². The number of nitrogens with two attached hydrogens (primary N) is 1. The fraction of sp³-hybridized carbons (Fsp3) is 0.270. The molecule has 0 bridgehead atoms. The number of thiazole rings is 4. The lowest BCUT2D eigenvalue weighted by Crippen LogP contribution is -2.51. The van der Waals surface area contributed by atoms with Crippen LogP contribution in [0.5, 0.6) is 11.5 Å². The van der Waals surface area contributed by atoms with E-state index < -0.39 is 59.9 Å². The summed E-state index contributed by atoms with van der Waals surface area (Å²) in [7, 11) is 1.65. The van der Waals surface area contributed by atoms with Gasteiger partial charge in [-0.2, -0.15) is 0 Å². The van der Waals surface area contributed by atoms with E-state index in [2.05, 4.69) is 60.2 Å². The fourth-order valence-corrected chi connectivity index (χ4v) is 13.1. The number of ether oxygens (including phenoxy) is 2. The van der Waals surface area contributed by atoms with Crippen molar-refractivity contribution >= 4 is 90.8 Å². The van der Waals surface area contributed by atoms with Crippen LogP contribution in [-0.2, 0) is 28.8 Å². The van der Waals surface area contributed by atoms with Gasteiger partial charge in [0.05, 0.1) is 12.1 Å². The highest BCUT2D eigenvalue weighted by Gasteiger charge is 2.41. The van der Waals surface area contributed by atoms with Gasteiger partial charge in [0.25, 0.3) is 0 Å². The summed E-state index contributed by atoms with van der Waals surface area (Å²) in [5, 5.41) is 22.4. The molecule has 6 heterocycles. The second kappa shape index (κ2) is 28.8. The molecule has 0 unspecified atom stereocenters. The second-order valence-electron chi connectivity index (χ2n) is 20.2. The minimum atomic E-state index is -1.15. The molecule has 7 N–H and O–H groups in total. The molecule has 2 aliphatic heterocycles. The first-order valence-corrected chi connectivity index (χ1v) is 31.3. The Hall–Kier alpha value is -9.14. The van der Waals surface area contributed by atoms with Gasteiger partial charge in [0.1, 0.15) is 70.3 Å². The van der Waals surface area contributed by atoms with Crippen LogP contribution in [0.2, 0.25) is 0 Å². The summed E-state index contributed by atoms with van der Waals surface area (Å²) < 4.78 is 11.7. The van der Waals surface area contributed by atoms with Gasteiger partial charge in [-0.15, -0.1) is 22.7 Å². The highest BCUT2D eigenvalue weighted by atomic mass is 32.1. The number of likely N-dealkylation sites (N-methyl/N-ethyl adjacent to an activating group) is 1. The molecule has 2 saturated heterocycles. The van der Waals surface area contributed by atoms with E-state index in [4.69, 9.17) is 25.2 Å². The maximum absolute atomic E-state index is 14.6. The summed E-state index contributed by atoms with van der Waals surface area (Å²) in [6, 6.07) is 27.1. The van der Waals surface area contributed by atoms with Crippen LogP contribution >= 0.6 is 45.3 Å². The Labute approximate surface area is 518 Å². The van der Waals surface area contributed by atoms with Gasteiger partial charge >= 0.3 is 0 Å². The number of aromatic nitrogens is 4. The molecule has 8 aromatic rings. The van der Waals surface area contributed by atoms with Gasteiger partial charge in [-0.3, -0.25) is 28.8 Å². The molecule has 0 spiro atoms. The summed E-state index contributed by atoms with van der Waals surface area (Å²) in [6.45, 7) is 3.83. The van der Waals surface area contributed by atoms with E-state index in [9.17, 15) is 28.8 Å². The van der Waals surface area contributed by atoms with Crippen molar-refractivity contribution in [1.29, 1.82) is 0 Å². The zero-order chi connectivity index (χ0) is 60.8. The maximum atomic E-state index is 14.6. The monoisotopic (exact) mass is 1240 g/mol. The second-order valence-corrected chi connectivity index (χ2v) is 23.9. The summed E-state index contributed by atoms with van der Waals surface area (Å²) in [5.74, 6) is 9.59. The predicted molar refractivity (Wildman–Crippen MR) is 337 cm³/mol. The smallest absolute Gasteiger partial charge is 0.250 e. The van der Waals surface area contributed by atoms with Crippen molar-refractivity contribution in [2.75, 3.05) is 44.0 Å². The van der Waals surface area contributed by atoms with E-state index in [-0.39, 0.29) is 25.0 Å². The van der Waals surface area contributed by atoms with Crippen LogP contribution in [0.3, 0.4) is 0 Å². The first-order chi connectivity index (χ1) is 42.3. The van der Waals surface area contributed by atoms with Gasteiger partial charge in [-0.1, -0.05) is 108 Å². The molecule has 2 aliphatic rings. The molecule has 6 amide bonds. The van der Waals surface area contributed by atoms with E-state index in [0.717, 1.165) is 21.1 Å². The van der Waals surface area contributed by atoms with Gasteiger partial charge in [-0.05, 0) is 106 Å². The Kier molecular flexibility index (Phi) is 20.2. The largest absolute Gasteiger partial charge is 0.481 e. The molecular formula is C63H60N12O8S4. The molecule has 20 nitrogen and oxygen atoms in total. The number of amides is 6. The molecule has 0 aliphatic carbocycles. The summed E-state index contributed by atoms with van der Waals surface area (Å²) >= 11 is 5.53. The molecule has 0 radical (unpaired) electrons. The van der Waals surface area contributed by atoms with Crippen molar-refractivity contribution in [3.63, 3.8) is 0 Å². The van der Waals surface area contributed by atoms with Crippen molar-refractivity contribution in [1.82, 2.24) is 45.7 Å². The van der Waals surface area contributed by atoms with Gasteiger partial charge in [0.2, 0.25) is 35.4 Å². The average molecular weight is 1240 g/mol. The van der Waals surface area contributed by atoms with Crippen LogP contribution in [0.4, 0.5) is 10.0 Å². The number of carbonyl (C=O) groups excluding carboxylic acids is 6. The van der Waals surface area contributed by atoms with Crippen LogP contribution in [0.1, 0.15) is 62.7 Å². The molecule has 0 saturated carbocycles.